The fourth-order valence-corrected chi connectivity index (χ4v) is 2.93. The third-order valence-corrected chi connectivity index (χ3v) is 4.39. The number of carbonyl (C=O) groups excluding carboxylic acids is 1. The number of aryl methyl sites for hydroxylation is 1. The van der Waals surface area contributed by atoms with Gasteiger partial charge in [-0.15, -0.1) is 5.10 Å². The smallest absolute Gasteiger partial charge is 0.220 e. The van der Waals surface area contributed by atoms with Crippen LogP contribution in [-0.2, 0) is 17.9 Å². The van der Waals surface area contributed by atoms with E-state index in [1.54, 1.807) is 18.9 Å². The standard InChI is InChI=1S/C21H24N4O3/c1-27-19-10-6-11-20(28-2)17(19)14-22-21(26)12-7-13-25-15-18(23-24-25)16-8-4-3-5-9-16/h3-6,8-11,15H,7,12-14H2,1-2H3,(H,22,26). The van der Waals surface area contributed by atoms with Gasteiger partial charge in [0, 0.05) is 18.5 Å². The number of nitrogens with one attached hydrogen (secondary N) is 1. The first kappa shape index (κ1) is 19.4. The lowest BCUT2D eigenvalue weighted by Crippen LogP contribution is -2.23. The van der Waals surface area contributed by atoms with Gasteiger partial charge >= 0.3 is 0 Å². The monoisotopic (exact) mass is 380 g/mol. The SMILES string of the molecule is COc1cccc(OC)c1CNC(=O)CCCn1cc(-c2ccccc2)nn1. The lowest BCUT2D eigenvalue weighted by molar-refractivity contribution is -0.121. The summed E-state index contributed by atoms with van der Waals surface area (Å²) in [5.41, 5.74) is 2.68. The van der Waals surface area contributed by atoms with E-state index in [1.807, 2.05) is 54.7 Å². The number of rotatable bonds is 9. The maximum Gasteiger partial charge on any atom is 0.220 e. The van der Waals surface area contributed by atoms with Gasteiger partial charge in [0.1, 0.15) is 17.2 Å². The summed E-state index contributed by atoms with van der Waals surface area (Å²) in [6.07, 6.45) is 2.97. The van der Waals surface area contributed by atoms with E-state index in [1.165, 1.54) is 0 Å². The fourth-order valence-electron chi connectivity index (χ4n) is 2.93. The Balaban J connectivity index is 1.48. The Labute approximate surface area is 164 Å². The van der Waals surface area contributed by atoms with Crippen molar-refractivity contribution in [1.29, 1.82) is 0 Å². The average Bonchev–Trinajstić information content (AvgIpc) is 3.21. The summed E-state index contributed by atoms with van der Waals surface area (Å²) in [6, 6.07) is 15.4. The average molecular weight is 380 g/mol. The van der Waals surface area contributed by atoms with E-state index in [-0.39, 0.29) is 5.91 Å². The minimum absolute atomic E-state index is 0.0312. The Bertz CT molecular complexity index is 887. The minimum atomic E-state index is -0.0312. The summed E-state index contributed by atoms with van der Waals surface area (Å²) in [7, 11) is 3.20. The summed E-state index contributed by atoms with van der Waals surface area (Å²) in [6.45, 7) is 0.985. The van der Waals surface area contributed by atoms with Gasteiger partial charge in [-0.2, -0.15) is 0 Å². The van der Waals surface area contributed by atoms with Gasteiger partial charge in [-0.1, -0.05) is 41.6 Å². The van der Waals surface area contributed by atoms with Crippen LogP contribution >= 0.6 is 0 Å². The number of ether oxygens (including phenoxy) is 2. The van der Waals surface area contributed by atoms with E-state index in [0.717, 1.165) is 16.8 Å². The summed E-state index contributed by atoms with van der Waals surface area (Å²) in [5.74, 6) is 1.35. The zero-order valence-corrected chi connectivity index (χ0v) is 16.1. The van der Waals surface area contributed by atoms with Crippen molar-refractivity contribution in [3.63, 3.8) is 0 Å². The first-order valence-corrected chi connectivity index (χ1v) is 9.13. The number of nitrogens with zero attached hydrogens (tertiary/aromatic N) is 3. The third-order valence-electron chi connectivity index (χ3n) is 4.39. The number of benzene rings is 2. The molecule has 146 valence electrons. The number of methoxy groups -OCH3 is 2. The first-order chi connectivity index (χ1) is 13.7. The summed E-state index contributed by atoms with van der Waals surface area (Å²) >= 11 is 0. The predicted octanol–water partition coefficient (Wildman–Crippen LogP) is 3.06. The van der Waals surface area contributed by atoms with E-state index >= 15 is 0 Å². The van der Waals surface area contributed by atoms with Crippen molar-refractivity contribution >= 4 is 5.91 Å². The van der Waals surface area contributed by atoms with E-state index in [0.29, 0.717) is 37.4 Å². The summed E-state index contributed by atoms with van der Waals surface area (Å²) in [4.78, 5) is 12.2. The highest BCUT2D eigenvalue weighted by molar-refractivity contribution is 5.76. The molecule has 0 radical (unpaired) electrons. The Kier molecular flexibility index (Phi) is 6.62. The molecule has 28 heavy (non-hydrogen) atoms. The predicted molar refractivity (Wildman–Crippen MR) is 106 cm³/mol. The number of aromatic nitrogens is 3. The molecule has 0 saturated heterocycles. The molecule has 0 fully saturated rings. The summed E-state index contributed by atoms with van der Waals surface area (Å²) in [5, 5.41) is 11.2. The molecule has 7 nitrogen and oxygen atoms in total. The van der Waals surface area contributed by atoms with Crippen LogP contribution in [0.5, 0.6) is 11.5 Å². The van der Waals surface area contributed by atoms with E-state index in [2.05, 4.69) is 15.6 Å². The van der Waals surface area contributed by atoms with Crippen LogP contribution in [0.15, 0.2) is 54.7 Å². The molecule has 0 aliphatic carbocycles. The van der Waals surface area contributed by atoms with Gasteiger partial charge in [-0.3, -0.25) is 9.48 Å². The van der Waals surface area contributed by atoms with Crippen LogP contribution < -0.4 is 14.8 Å². The number of hydrogen-bond acceptors (Lipinski definition) is 5. The number of carbonyl (C=O) groups is 1. The van der Waals surface area contributed by atoms with Crippen LogP contribution in [0.25, 0.3) is 11.3 Å². The van der Waals surface area contributed by atoms with E-state index < -0.39 is 0 Å². The van der Waals surface area contributed by atoms with Gasteiger partial charge in [-0.05, 0) is 18.6 Å². The Morgan fingerprint density at radius 3 is 2.43 bits per heavy atom. The molecule has 0 saturated carbocycles. The van der Waals surface area contributed by atoms with Crippen molar-refractivity contribution in [2.45, 2.75) is 25.9 Å². The van der Waals surface area contributed by atoms with Crippen molar-refractivity contribution in [3.8, 4) is 22.8 Å². The van der Waals surface area contributed by atoms with Crippen LogP contribution in [0.2, 0.25) is 0 Å². The zero-order valence-electron chi connectivity index (χ0n) is 16.1. The molecule has 0 spiro atoms. The first-order valence-electron chi connectivity index (χ1n) is 9.13. The molecule has 0 aliphatic rings. The largest absolute Gasteiger partial charge is 0.496 e. The lowest BCUT2D eigenvalue weighted by Gasteiger charge is -2.13. The van der Waals surface area contributed by atoms with Crippen molar-refractivity contribution < 1.29 is 14.3 Å². The maximum atomic E-state index is 12.2. The number of amides is 1. The Morgan fingerprint density at radius 2 is 1.75 bits per heavy atom. The van der Waals surface area contributed by atoms with Crippen LogP contribution in [0.3, 0.4) is 0 Å². The van der Waals surface area contributed by atoms with Crippen molar-refractivity contribution in [3.05, 3.63) is 60.3 Å². The molecule has 3 aromatic rings. The van der Waals surface area contributed by atoms with Crippen LogP contribution in [-0.4, -0.2) is 35.1 Å². The fraction of sp³-hybridized carbons (Fsp3) is 0.286. The molecule has 1 amide bonds. The normalized spacial score (nSPS) is 10.5. The quantitative estimate of drug-likeness (QED) is 0.617. The van der Waals surface area contributed by atoms with Gasteiger partial charge in [0.15, 0.2) is 0 Å². The van der Waals surface area contributed by atoms with Gasteiger partial charge in [0.2, 0.25) is 5.91 Å². The second-order valence-electron chi connectivity index (χ2n) is 6.25. The van der Waals surface area contributed by atoms with E-state index in [9.17, 15) is 4.79 Å². The zero-order chi connectivity index (χ0) is 19.8. The highest BCUT2D eigenvalue weighted by Crippen LogP contribution is 2.27. The van der Waals surface area contributed by atoms with E-state index in [4.69, 9.17) is 9.47 Å². The van der Waals surface area contributed by atoms with Gasteiger partial charge < -0.3 is 14.8 Å². The number of hydrogen-bond donors (Lipinski definition) is 1. The molecule has 0 aliphatic heterocycles. The third kappa shape index (κ3) is 4.88. The van der Waals surface area contributed by atoms with Gasteiger partial charge in [-0.25, -0.2) is 0 Å². The van der Waals surface area contributed by atoms with Gasteiger partial charge in [0.25, 0.3) is 0 Å². The molecule has 0 atom stereocenters. The second-order valence-corrected chi connectivity index (χ2v) is 6.25. The molecule has 1 heterocycles. The molecule has 1 aromatic heterocycles. The lowest BCUT2D eigenvalue weighted by atomic mass is 10.1. The molecule has 7 heteroatoms. The van der Waals surface area contributed by atoms with Crippen molar-refractivity contribution in [2.75, 3.05) is 14.2 Å². The Morgan fingerprint density at radius 1 is 1.04 bits per heavy atom. The van der Waals surface area contributed by atoms with Crippen LogP contribution in [0, 0.1) is 0 Å². The molecule has 3 rings (SSSR count). The highest BCUT2D eigenvalue weighted by Gasteiger charge is 2.11. The van der Waals surface area contributed by atoms with Crippen LogP contribution in [0.4, 0.5) is 0 Å². The topological polar surface area (TPSA) is 78.3 Å². The van der Waals surface area contributed by atoms with Crippen LogP contribution in [0.1, 0.15) is 18.4 Å². The molecule has 0 bridgehead atoms. The van der Waals surface area contributed by atoms with Crippen molar-refractivity contribution in [1.82, 2.24) is 20.3 Å². The Hall–Kier alpha value is -3.35. The second kappa shape index (κ2) is 9.55. The molecule has 0 unspecified atom stereocenters. The maximum absolute atomic E-state index is 12.2. The van der Waals surface area contributed by atoms with Crippen molar-refractivity contribution in [2.24, 2.45) is 0 Å². The molecular weight excluding hydrogens is 356 g/mol. The summed E-state index contributed by atoms with van der Waals surface area (Å²) < 4.78 is 12.5. The molecular formula is C21H24N4O3. The highest BCUT2D eigenvalue weighted by atomic mass is 16.5. The van der Waals surface area contributed by atoms with Gasteiger partial charge in [0.05, 0.1) is 32.5 Å². The molecule has 1 N–H and O–H groups in total. The minimum Gasteiger partial charge on any atom is -0.496 e. The molecule has 2 aromatic carbocycles.